The molecule has 1 aromatic heterocycles. The van der Waals surface area contributed by atoms with Gasteiger partial charge in [-0.25, -0.2) is 4.98 Å². The van der Waals surface area contributed by atoms with E-state index in [2.05, 4.69) is 101 Å². The summed E-state index contributed by atoms with van der Waals surface area (Å²) < 4.78 is 24.0. The molecule has 8 rings (SSSR count). The van der Waals surface area contributed by atoms with Crippen molar-refractivity contribution < 1.29 is 23.7 Å². The number of likely N-dealkylation sites (N-methyl/N-ethyl adjacent to an activating group) is 2. The van der Waals surface area contributed by atoms with E-state index < -0.39 is 6.04 Å². The largest absolute Gasteiger partial charge is 0.487 e. The highest BCUT2D eigenvalue weighted by atomic mass is 16.5. The van der Waals surface area contributed by atoms with Crippen molar-refractivity contribution in [3.05, 3.63) is 126 Å². The van der Waals surface area contributed by atoms with Gasteiger partial charge < -0.3 is 33.7 Å². The van der Waals surface area contributed by atoms with Gasteiger partial charge in [0.15, 0.2) is 11.5 Å². The quantitative estimate of drug-likeness (QED) is 0.0775. The molecule has 0 bridgehead atoms. The monoisotopic (exact) mass is 883 g/mol. The van der Waals surface area contributed by atoms with Gasteiger partial charge in [-0.3, -0.25) is 24.9 Å². The van der Waals surface area contributed by atoms with E-state index in [1.54, 1.807) is 14.2 Å². The maximum atomic E-state index is 14.2. The van der Waals surface area contributed by atoms with Crippen LogP contribution in [0.4, 0.5) is 0 Å². The number of nitrogens with zero attached hydrogens (tertiary/aromatic N) is 6. The first-order chi connectivity index (χ1) is 31.7. The van der Waals surface area contributed by atoms with Crippen LogP contribution in [0.3, 0.4) is 0 Å². The summed E-state index contributed by atoms with van der Waals surface area (Å²) in [6.07, 6.45) is 5.91. The van der Waals surface area contributed by atoms with Gasteiger partial charge in [0.2, 0.25) is 5.91 Å². The van der Waals surface area contributed by atoms with Gasteiger partial charge in [-0.15, -0.1) is 0 Å². The van der Waals surface area contributed by atoms with E-state index in [4.69, 9.17) is 28.9 Å². The van der Waals surface area contributed by atoms with Crippen molar-refractivity contribution in [2.45, 2.75) is 56.0 Å². The zero-order valence-electron chi connectivity index (χ0n) is 38.9. The fourth-order valence-electron chi connectivity index (χ4n) is 9.76. The van der Waals surface area contributed by atoms with Crippen molar-refractivity contribution in [3.8, 4) is 33.9 Å². The van der Waals surface area contributed by atoms with Crippen molar-refractivity contribution in [1.82, 2.24) is 34.9 Å². The standard InChI is InChI=1S/C52H66N8O5/c1-57(2)46(38-15-9-7-10-16-38)35-59-27-13-19-44(59)50-53-33-42(55-50)37-23-21-36(22-24-37)40-25-26-41(49(65-32-30-63-6)48(40)64-31-29-62-5)43-34-54-51(56-43)45-20-14-28-60(45)52(61)47(58(3)4)39-17-11-8-12-18-39/h7-12,15-18,21-26,34,44-47,50,53H,13-14,19-20,27-33,35H2,1-6H3,(H,54,56). The minimum absolute atomic E-state index is 0.0513. The molecule has 344 valence electrons. The first-order valence-electron chi connectivity index (χ1n) is 23.1. The molecule has 1 amide bonds. The SMILES string of the molecule is COCCOc1c(-c2ccc(C3=NC(C4CCCN4CC(c4ccccc4)N(C)C)NC3)cc2)ccc(-c2cnc(C3CCCN3C(=O)C(c3ccccc3)N(C)C)[nH]2)c1OCCOC. The molecule has 4 heterocycles. The topological polar surface area (TPSA) is 120 Å². The number of methoxy groups -OCH3 is 2. The maximum Gasteiger partial charge on any atom is 0.245 e. The molecule has 5 unspecified atom stereocenters. The lowest BCUT2D eigenvalue weighted by molar-refractivity contribution is -0.137. The fourth-order valence-corrected chi connectivity index (χ4v) is 9.76. The van der Waals surface area contributed by atoms with Gasteiger partial charge in [0.05, 0.1) is 36.9 Å². The van der Waals surface area contributed by atoms with Crippen molar-refractivity contribution >= 4 is 11.6 Å². The molecule has 2 N–H and O–H groups in total. The molecule has 4 aromatic carbocycles. The molecule has 3 aliphatic heterocycles. The highest BCUT2D eigenvalue weighted by Crippen LogP contribution is 2.46. The molecule has 0 radical (unpaired) electrons. The molecule has 5 atom stereocenters. The number of aromatic amines is 1. The summed E-state index contributed by atoms with van der Waals surface area (Å²) in [5.41, 5.74) is 7.95. The van der Waals surface area contributed by atoms with Crippen LogP contribution in [0, 0.1) is 0 Å². The van der Waals surface area contributed by atoms with Crippen LogP contribution < -0.4 is 14.8 Å². The summed E-state index contributed by atoms with van der Waals surface area (Å²) in [6, 6.07) is 33.6. The number of carbonyl (C=O) groups excluding carboxylic acids is 1. The average Bonchev–Trinajstić information content (AvgIpc) is 4.17. The summed E-state index contributed by atoms with van der Waals surface area (Å²) in [5.74, 6) is 2.02. The Bertz CT molecular complexity index is 2340. The van der Waals surface area contributed by atoms with Crippen LogP contribution in [0.25, 0.3) is 22.4 Å². The smallest absolute Gasteiger partial charge is 0.245 e. The molecule has 2 saturated heterocycles. The van der Waals surface area contributed by atoms with E-state index in [-0.39, 0.29) is 18.1 Å². The Balaban J connectivity index is 1.04. The predicted molar refractivity (Wildman–Crippen MR) is 257 cm³/mol. The summed E-state index contributed by atoms with van der Waals surface area (Å²) in [7, 11) is 11.6. The van der Waals surface area contributed by atoms with Crippen LogP contribution in [-0.4, -0.2) is 148 Å². The number of aliphatic imine (C=N–C) groups is 1. The summed E-state index contributed by atoms with van der Waals surface area (Å²) in [6.45, 7) is 4.90. The molecule has 13 nitrogen and oxygen atoms in total. The number of hydrogen-bond donors (Lipinski definition) is 2. The van der Waals surface area contributed by atoms with Gasteiger partial charge in [0.25, 0.3) is 0 Å². The first kappa shape index (κ1) is 46.1. The van der Waals surface area contributed by atoms with E-state index in [0.717, 1.165) is 83.9 Å². The minimum atomic E-state index is -0.394. The van der Waals surface area contributed by atoms with Crippen LogP contribution >= 0.6 is 0 Å². The number of rotatable bonds is 20. The van der Waals surface area contributed by atoms with Gasteiger partial charge >= 0.3 is 0 Å². The zero-order valence-corrected chi connectivity index (χ0v) is 38.9. The van der Waals surface area contributed by atoms with Gasteiger partial charge in [-0.1, -0.05) is 84.9 Å². The molecule has 3 aliphatic rings. The molecular formula is C52H66N8O5. The highest BCUT2D eigenvalue weighted by Gasteiger charge is 2.38. The maximum absolute atomic E-state index is 14.2. The number of H-pyrrole nitrogens is 1. The molecule has 13 heteroatoms. The van der Waals surface area contributed by atoms with Gasteiger partial charge in [0, 0.05) is 57.1 Å². The summed E-state index contributed by atoms with van der Waals surface area (Å²) in [5, 5.41) is 3.75. The summed E-state index contributed by atoms with van der Waals surface area (Å²) >= 11 is 0. The fraction of sp³-hybridized carbons (Fsp3) is 0.442. The van der Waals surface area contributed by atoms with E-state index >= 15 is 0 Å². The third kappa shape index (κ3) is 10.5. The number of aromatic nitrogens is 2. The Labute approximate surface area is 384 Å². The first-order valence-corrected chi connectivity index (χ1v) is 23.1. The lowest BCUT2D eigenvalue weighted by Gasteiger charge is -2.34. The zero-order chi connectivity index (χ0) is 45.3. The number of likely N-dealkylation sites (tertiary alicyclic amines) is 2. The van der Waals surface area contributed by atoms with Crippen LogP contribution in [0.2, 0.25) is 0 Å². The second kappa shape index (κ2) is 21.7. The Hall–Kier alpha value is -5.41. The molecule has 5 aromatic rings. The van der Waals surface area contributed by atoms with Gasteiger partial charge in [0.1, 0.15) is 31.2 Å². The number of hydrogen-bond acceptors (Lipinski definition) is 11. The van der Waals surface area contributed by atoms with E-state index in [0.29, 0.717) is 56.6 Å². The minimum Gasteiger partial charge on any atom is -0.487 e. The molecule has 65 heavy (non-hydrogen) atoms. The van der Waals surface area contributed by atoms with Crippen molar-refractivity contribution in [2.24, 2.45) is 4.99 Å². The molecule has 0 saturated carbocycles. The number of ether oxygens (including phenoxy) is 4. The Morgan fingerprint density at radius 2 is 1.37 bits per heavy atom. The van der Waals surface area contributed by atoms with Crippen LogP contribution in [0.1, 0.15) is 66.3 Å². The molecule has 2 fully saturated rings. The van der Waals surface area contributed by atoms with Gasteiger partial charge in [-0.05, 0) is 94.8 Å². The second-order valence-corrected chi connectivity index (χ2v) is 17.7. The lowest BCUT2D eigenvalue weighted by Crippen LogP contribution is -2.46. The third-order valence-corrected chi connectivity index (χ3v) is 13.1. The van der Waals surface area contributed by atoms with Crippen molar-refractivity contribution in [2.75, 3.05) is 95.0 Å². The lowest BCUT2D eigenvalue weighted by atomic mass is 9.98. The van der Waals surface area contributed by atoms with E-state index in [1.165, 1.54) is 12.0 Å². The Morgan fingerprint density at radius 1 is 0.738 bits per heavy atom. The van der Waals surface area contributed by atoms with Crippen LogP contribution in [0.5, 0.6) is 11.5 Å². The highest BCUT2D eigenvalue weighted by molar-refractivity contribution is 6.03. The molecule has 0 aliphatic carbocycles. The summed E-state index contributed by atoms with van der Waals surface area (Å²) in [4.78, 5) is 37.0. The average molecular weight is 883 g/mol. The second-order valence-electron chi connectivity index (χ2n) is 17.7. The van der Waals surface area contributed by atoms with Crippen molar-refractivity contribution in [1.29, 1.82) is 0 Å². The third-order valence-electron chi connectivity index (χ3n) is 13.1. The number of carbonyl (C=O) groups is 1. The number of imidazole rings is 1. The number of benzene rings is 4. The van der Waals surface area contributed by atoms with E-state index in [9.17, 15) is 4.79 Å². The Kier molecular flexibility index (Phi) is 15.4. The predicted octanol–water partition coefficient (Wildman–Crippen LogP) is 7.25. The number of amides is 1. The normalized spacial score (nSPS) is 19.8. The van der Waals surface area contributed by atoms with Crippen LogP contribution in [-0.2, 0) is 14.3 Å². The number of nitrogens with one attached hydrogen (secondary N) is 2. The van der Waals surface area contributed by atoms with E-state index in [1.807, 2.05) is 60.4 Å². The van der Waals surface area contributed by atoms with Crippen molar-refractivity contribution in [3.63, 3.8) is 0 Å². The van der Waals surface area contributed by atoms with Gasteiger partial charge in [-0.2, -0.15) is 0 Å². The molecular weight excluding hydrogens is 817 g/mol. The molecule has 0 spiro atoms. The van der Waals surface area contributed by atoms with Crippen LogP contribution in [0.15, 0.2) is 108 Å². The Morgan fingerprint density at radius 3 is 2.03 bits per heavy atom.